The number of carbonyl (C=O) groups is 5. The van der Waals surface area contributed by atoms with Crippen molar-refractivity contribution in [2.45, 2.75) is 48.5 Å². The predicted molar refractivity (Wildman–Crippen MR) is 223 cm³/mol. The van der Waals surface area contributed by atoms with Gasteiger partial charge in [-0.2, -0.15) is 8.42 Å². The van der Waals surface area contributed by atoms with Crippen LogP contribution in [0.1, 0.15) is 48.5 Å². The highest BCUT2D eigenvalue weighted by molar-refractivity contribution is 7.85. The van der Waals surface area contributed by atoms with E-state index in [2.05, 4.69) is 23.7 Å². The van der Waals surface area contributed by atoms with Gasteiger partial charge >= 0.3 is 29.8 Å². The molecule has 0 aliphatic heterocycles. The number of hydrogen-bond acceptors (Lipinski definition) is 12. The van der Waals surface area contributed by atoms with E-state index in [1.165, 1.54) is 70.2 Å². The predicted octanol–water partition coefficient (Wildman–Crippen LogP) is 8.17. The third-order valence-corrected chi connectivity index (χ3v) is 4.10. The number of esters is 5. The van der Waals surface area contributed by atoms with Crippen LogP contribution in [0.25, 0.3) is 0 Å². The third-order valence-electron chi connectivity index (χ3n) is 4.10. The smallest absolute Gasteiger partial charge is 0.302 e. The monoisotopic (exact) mass is 808 g/mol. The largest absolute Gasteiger partial charge is 0.469 e. The summed E-state index contributed by atoms with van der Waals surface area (Å²) in [6.45, 7) is 10.8. The van der Waals surface area contributed by atoms with E-state index in [1.807, 2.05) is 159 Å². The molecule has 0 atom stereocenters. The average Bonchev–Trinajstić information content (AvgIpc) is 3.22. The van der Waals surface area contributed by atoms with Crippen LogP contribution in [0.2, 0.25) is 0 Å². The van der Waals surface area contributed by atoms with Crippen molar-refractivity contribution in [3.63, 3.8) is 0 Å². The lowest BCUT2D eigenvalue weighted by atomic mass is 10.4. The zero-order chi connectivity index (χ0) is 44.9. The van der Waals surface area contributed by atoms with Gasteiger partial charge in [-0.15, -0.1) is 0 Å². The Labute approximate surface area is 335 Å². The zero-order valence-electron chi connectivity index (χ0n) is 35.1. The topological polar surface area (TPSA) is 186 Å². The van der Waals surface area contributed by atoms with Crippen molar-refractivity contribution in [1.29, 1.82) is 0 Å². The molecular formula is C42H64O13S. The van der Waals surface area contributed by atoms with Gasteiger partial charge in [0.05, 0.1) is 41.8 Å². The first kappa shape index (κ1) is 65.1. The minimum Gasteiger partial charge on any atom is -0.469 e. The lowest BCUT2D eigenvalue weighted by molar-refractivity contribution is -0.138. The van der Waals surface area contributed by atoms with E-state index in [4.69, 9.17) is 4.55 Å². The van der Waals surface area contributed by atoms with Gasteiger partial charge < -0.3 is 23.7 Å². The maximum Gasteiger partial charge on any atom is 0.302 e. The highest BCUT2D eigenvalue weighted by Gasteiger charge is 1.81. The number of ether oxygens (including phenoxy) is 5. The summed E-state index contributed by atoms with van der Waals surface area (Å²) in [5, 5.41) is 0. The van der Waals surface area contributed by atoms with Crippen molar-refractivity contribution in [2.75, 3.05) is 41.8 Å². The molecule has 0 unspecified atom stereocenters. The van der Waals surface area contributed by atoms with Gasteiger partial charge in [-0.25, -0.2) is 0 Å². The average molecular weight is 809 g/mol. The molecule has 0 aliphatic carbocycles. The van der Waals surface area contributed by atoms with Crippen molar-refractivity contribution in [1.82, 2.24) is 0 Å². The summed E-state index contributed by atoms with van der Waals surface area (Å²) >= 11 is 0. The van der Waals surface area contributed by atoms with E-state index < -0.39 is 10.1 Å². The van der Waals surface area contributed by atoms with Gasteiger partial charge in [0.1, 0.15) is 0 Å². The lowest BCUT2D eigenvalue weighted by Crippen LogP contribution is -1.88. The first-order valence-electron chi connectivity index (χ1n) is 16.5. The molecule has 0 amide bonds. The fourth-order valence-electron chi connectivity index (χ4n) is 1.54. The van der Waals surface area contributed by atoms with Crippen LogP contribution >= 0.6 is 0 Å². The molecule has 1 N–H and O–H groups in total. The molecule has 0 radical (unpaired) electrons. The minimum atomic E-state index is -3.67. The van der Waals surface area contributed by atoms with Crippen LogP contribution in [0.15, 0.2) is 146 Å². The van der Waals surface area contributed by atoms with Crippen molar-refractivity contribution in [2.24, 2.45) is 0 Å². The molecule has 0 saturated carbocycles. The molecule has 4 aromatic rings. The van der Waals surface area contributed by atoms with Gasteiger partial charge in [-0.3, -0.25) is 28.5 Å². The van der Waals surface area contributed by atoms with Crippen LogP contribution in [0.3, 0.4) is 0 Å². The summed E-state index contributed by atoms with van der Waals surface area (Å²) < 4.78 is 46.4. The maximum absolute atomic E-state index is 9.59. The summed E-state index contributed by atoms with van der Waals surface area (Å²) in [6.07, 6.45) is 0.715. The van der Waals surface area contributed by atoms with Gasteiger partial charge in [0, 0.05) is 34.6 Å². The highest BCUT2D eigenvalue weighted by Crippen LogP contribution is 1.82. The molecule has 0 saturated heterocycles. The Morgan fingerprint density at radius 2 is 0.357 bits per heavy atom. The van der Waals surface area contributed by atoms with E-state index in [-0.39, 0.29) is 29.8 Å². The van der Waals surface area contributed by atoms with E-state index in [1.54, 1.807) is 0 Å². The molecular weight excluding hydrogens is 745 g/mol. The van der Waals surface area contributed by atoms with Crippen LogP contribution in [0.5, 0.6) is 0 Å². The van der Waals surface area contributed by atoms with Gasteiger partial charge in [0.25, 0.3) is 10.1 Å². The Morgan fingerprint density at radius 1 is 0.321 bits per heavy atom. The molecule has 0 aliphatic rings. The van der Waals surface area contributed by atoms with Crippen LogP contribution < -0.4 is 0 Å². The quantitative estimate of drug-likeness (QED) is 0.102. The molecule has 56 heavy (non-hydrogen) atoms. The molecule has 0 bridgehead atoms. The Kier molecular flexibility index (Phi) is 67.9. The molecule has 0 aromatic heterocycles. The number of carbonyl (C=O) groups excluding carboxylic acids is 5. The Morgan fingerprint density at radius 3 is 0.375 bits per heavy atom. The van der Waals surface area contributed by atoms with Crippen molar-refractivity contribution < 1.29 is 60.6 Å². The molecule has 0 spiro atoms. The van der Waals surface area contributed by atoms with Crippen LogP contribution in [0.4, 0.5) is 0 Å². The number of benzene rings is 4. The Balaban J connectivity index is -0.0000000950. The molecule has 14 heteroatoms. The SMILES string of the molecule is CC.COC(C)=O.COC(C)=O.COC(C)=O.COC(C)=O.COC(C)=O.CS(=O)(=O)O.c1ccccc1.c1ccccc1.c1ccccc1.c1ccccc1. The third kappa shape index (κ3) is 135. The molecule has 13 nitrogen and oxygen atoms in total. The summed E-state index contributed by atoms with van der Waals surface area (Å²) in [5.41, 5.74) is 0. The van der Waals surface area contributed by atoms with E-state index in [9.17, 15) is 32.4 Å². The standard InChI is InChI=1S/4C6H6.5C3H6O2.C2H6.CH4O3S/c4*1-2-4-6-5-3-1;5*1-3(4)5-2;1-2;1-5(2,3)4/h4*1-6H;5*1-2H3;1-2H3;1H3,(H,2,3,4). The second kappa shape index (κ2) is 58.4. The van der Waals surface area contributed by atoms with Crippen LogP contribution in [0, 0.1) is 0 Å². The van der Waals surface area contributed by atoms with Crippen LogP contribution in [-0.4, -0.2) is 84.6 Å². The second-order valence-corrected chi connectivity index (χ2v) is 10.3. The summed E-state index contributed by atoms with van der Waals surface area (Å²) in [4.78, 5) is 48.0. The molecule has 4 aromatic carbocycles. The Hall–Kier alpha value is -5.86. The molecule has 316 valence electrons. The zero-order valence-corrected chi connectivity index (χ0v) is 35.9. The molecule has 4 rings (SSSR count). The second-order valence-electron chi connectivity index (χ2n) is 8.83. The summed E-state index contributed by atoms with van der Waals surface area (Å²) in [6, 6.07) is 48.0. The van der Waals surface area contributed by atoms with Gasteiger partial charge in [-0.05, 0) is 0 Å². The number of methoxy groups -OCH3 is 5. The lowest BCUT2D eigenvalue weighted by Gasteiger charge is -1.80. The van der Waals surface area contributed by atoms with E-state index in [0.717, 1.165) is 0 Å². The van der Waals surface area contributed by atoms with Gasteiger partial charge in [0.15, 0.2) is 0 Å². The minimum absolute atomic E-state index is 0.245. The Bertz CT molecular complexity index is 1120. The van der Waals surface area contributed by atoms with E-state index >= 15 is 0 Å². The maximum atomic E-state index is 9.59. The van der Waals surface area contributed by atoms with Crippen molar-refractivity contribution in [3.05, 3.63) is 146 Å². The summed E-state index contributed by atoms with van der Waals surface area (Å²) in [7, 11) is 3.08. The first-order valence-corrected chi connectivity index (χ1v) is 18.4. The fraction of sp³-hybridized carbons (Fsp3) is 0.310. The van der Waals surface area contributed by atoms with E-state index in [0.29, 0.717) is 6.26 Å². The number of rotatable bonds is 0. The van der Waals surface area contributed by atoms with Crippen molar-refractivity contribution in [3.8, 4) is 0 Å². The van der Waals surface area contributed by atoms with Gasteiger partial charge in [-0.1, -0.05) is 159 Å². The fourth-order valence-corrected chi connectivity index (χ4v) is 1.54. The molecule has 0 fully saturated rings. The van der Waals surface area contributed by atoms with Gasteiger partial charge in [0.2, 0.25) is 0 Å². The van der Waals surface area contributed by atoms with Crippen LogP contribution in [-0.2, 0) is 57.8 Å². The summed E-state index contributed by atoms with van der Waals surface area (Å²) in [5.74, 6) is -1.23. The normalized spacial score (nSPS) is 7.61. The number of hydrogen-bond donors (Lipinski definition) is 1. The highest BCUT2D eigenvalue weighted by atomic mass is 32.2. The first-order chi connectivity index (χ1) is 26.4. The molecule has 0 heterocycles. The van der Waals surface area contributed by atoms with Crippen molar-refractivity contribution >= 4 is 40.0 Å².